The van der Waals surface area contributed by atoms with Crippen LogP contribution in [0.15, 0.2) is 52.5 Å². The lowest BCUT2D eigenvalue weighted by Crippen LogP contribution is -2.35. The highest BCUT2D eigenvalue weighted by Gasteiger charge is 2.26. The van der Waals surface area contributed by atoms with Gasteiger partial charge in [0.25, 0.3) is 0 Å². The van der Waals surface area contributed by atoms with Crippen molar-refractivity contribution in [3.63, 3.8) is 0 Å². The van der Waals surface area contributed by atoms with Gasteiger partial charge in [0.2, 0.25) is 0 Å². The quantitative estimate of drug-likeness (QED) is 0.389. The van der Waals surface area contributed by atoms with Gasteiger partial charge in [0, 0.05) is 23.2 Å². The third-order valence-electron chi connectivity index (χ3n) is 7.78. The largest absolute Gasteiger partial charge is 0.391 e. The minimum atomic E-state index is -0.299. The summed E-state index contributed by atoms with van der Waals surface area (Å²) in [6.07, 6.45) is 6.24. The summed E-state index contributed by atoms with van der Waals surface area (Å²) >= 11 is 1.58. The molecule has 4 heterocycles. The van der Waals surface area contributed by atoms with Gasteiger partial charge >= 0.3 is 0 Å². The Balaban J connectivity index is 1.51. The maximum atomic E-state index is 13.6. The van der Waals surface area contributed by atoms with E-state index in [9.17, 15) is 14.3 Å². The SMILES string of the molecule is CCc1nc2ccc(C3CCCN(CC(C)=O)CC3)cn2c1N(CC)C1=NC(c2ccc(F)cc2)=C(CO)SC1. The number of imidazole rings is 1. The molecule has 1 fully saturated rings. The first-order valence-electron chi connectivity index (χ1n) is 14.2. The highest BCUT2D eigenvalue weighted by Crippen LogP contribution is 2.36. The maximum Gasteiger partial charge on any atom is 0.143 e. The number of Topliss-reactive ketones (excluding diaryl/α,β-unsaturated/α-hetero) is 1. The molecule has 1 saturated heterocycles. The van der Waals surface area contributed by atoms with E-state index in [1.165, 1.54) is 17.7 Å². The number of amidine groups is 1. The second-order valence-corrected chi connectivity index (χ2v) is 11.6. The molecule has 40 heavy (non-hydrogen) atoms. The molecule has 9 heteroatoms. The van der Waals surface area contributed by atoms with Crippen molar-refractivity contribution in [2.75, 3.05) is 43.4 Å². The number of aliphatic hydroxyl groups excluding tert-OH is 1. The zero-order chi connectivity index (χ0) is 28.2. The number of pyridine rings is 1. The van der Waals surface area contributed by atoms with Gasteiger partial charge in [0.1, 0.15) is 28.9 Å². The molecule has 0 aliphatic carbocycles. The number of carbonyl (C=O) groups is 1. The Kier molecular flexibility index (Phi) is 9.03. The summed E-state index contributed by atoms with van der Waals surface area (Å²) in [6, 6.07) is 10.6. The Labute approximate surface area is 239 Å². The molecule has 0 saturated carbocycles. The molecule has 1 aromatic carbocycles. The Morgan fingerprint density at radius 1 is 1.15 bits per heavy atom. The van der Waals surface area contributed by atoms with E-state index < -0.39 is 0 Å². The molecule has 3 aromatic rings. The molecule has 2 aromatic heterocycles. The molecule has 5 rings (SSSR count). The predicted molar refractivity (Wildman–Crippen MR) is 162 cm³/mol. The second-order valence-electron chi connectivity index (χ2n) is 10.5. The molecule has 212 valence electrons. The van der Waals surface area contributed by atoms with Crippen molar-refractivity contribution >= 4 is 40.5 Å². The monoisotopic (exact) mass is 563 g/mol. The number of fused-ring (bicyclic) bond motifs is 1. The fraction of sp³-hybridized carbons (Fsp3) is 0.452. The number of carbonyl (C=O) groups excluding carboxylic acids is 1. The van der Waals surface area contributed by atoms with Crippen LogP contribution < -0.4 is 4.90 Å². The van der Waals surface area contributed by atoms with Crippen molar-refractivity contribution in [2.24, 2.45) is 4.99 Å². The Morgan fingerprint density at radius 3 is 2.65 bits per heavy atom. The van der Waals surface area contributed by atoms with Crippen molar-refractivity contribution in [3.8, 4) is 0 Å². The van der Waals surface area contributed by atoms with Gasteiger partial charge in [-0.1, -0.05) is 13.0 Å². The number of rotatable bonds is 8. The standard InChI is InChI=1S/C31H38FN5O2S/c1-4-26-31(36(5-2)29-20-40-27(19-38)30(34-29)23-8-11-25(32)12-9-23)37-18-24(10-13-28(37)33-26)22-7-6-15-35(16-14-22)17-21(3)39/h8-13,18,22,38H,4-7,14-17,19-20H2,1-3H3. The van der Waals surface area contributed by atoms with Crippen molar-refractivity contribution in [3.05, 3.63) is 70.1 Å². The lowest BCUT2D eigenvalue weighted by molar-refractivity contribution is -0.118. The van der Waals surface area contributed by atoms with Gasteiger partial charge in [0.05, 0.1) is 30.3 Å². The molecule has 0 spiro atoms. The molecule has 1 N–H and O–H groups in total. The average Bonchev–Trinajstić information content (AvgIpc) is 3.16. The number of nitrogens with zero attached hydrogens (tertiary/aromatic N) is 5. The van der Waals surface area contributed by atoms with Crippen LogP contribution in [0.1, 0.15) is 62.8 Å². The number of hydrogen-bond donors (Lipinski definition) is 1. The number of aromatic nitrogens is 2. The van der Waals surface area contributed by atoms with E-state index in [-0.39, 0.29) is 18.2 Å². The lowest BCUT2D eigenvalue weighted by atomic mass is 9.93. The van der Waals surface area contributed by atoms with E-state index in [0.717, 1.165) is 72.2 Å². The molecule has 1 unspecified atom stereocenters. The van der Waals surface area contributed by atoms with E-state index in [0.29, 0.717) is 30.5 Å². The fourth-order valence-corrected chi connectivity index (χ4v) is 6.73. The topological polar surface area (TPSA) is 73.4 Å². The summed E-state index contributed by atoms with van der Waals surface area (Å²) in [5, 5.41) is 10.0. The van der Waals surface area contributed by atoms with Gasteiger partial charge in [-0.25, -0.2) is 14.4 Å². The van der Waals surface area contributed by atoms with Gasteiger partial charge in [0.15, 0.2) is 0 Å². The van der Waals surface area contributed by atoms with E-state index in [2.05, 4.69) is 46.4 Å². The molecule has 0 amide bonds. The van der Waals surface area contributed by atoms with Crippen molar-refractivity contribution in [1.29, 1.82) is 0 Å². The molecule has 0 bridgehead atoms. The van der Waals surface area contributed by atoms with Gasteiger partial charge < -0.3 is 10.0 Å². The van der Waals surface area contributed by atoms with Crippen LogP contribution in [0.4, 0.5) is 10.2 Å². The predicted octanol–water partition coefficient (Wildman–Crippen LogP) is 5.53. The summed E-state index contributed by atoms with van der Waals surface area (Å²) in [6.45, 7) is 8.95. The zero-order valence-electron chi connectivity index (χ0n) is 23.6. The number of halogens is 1. The summed E-state index contributed by atoms with van der Waals surface area (Å²) < 4.78 is 15.8. The summed E-state index contributed by atoms with van der Waals surface area (Å²) in [7, 11) is 0. The summed E-state index contributed by atoms with van der Waals surface area (Å²) in [4.78, 5) is 27.0. The van der Waals surface area contributed by atoms with E-state index in [1.807, 2.05) is 0 Å². The Hall–Kier alpha value is -3.01. The number of ketones is 1. The highest BCUT2D eigenvalue weighted by atomic mass is 32.2. The molecule has 0 radical (unpaired) electrons. The third-order valence-corrected chi connectivity index (χ3v) is 8.86. The summed E-state index contributed by atoms with van der Waals surface area (Å²) in [5.41, 5.74) is 4.70. The number of anilines is 1. The number of benzene rings is 1. The molecule has 2 aliphatic heterocycles. The first-order valence-corrected chi connectivity index (χ1v) is 15.2. The minimum Gasteiger partial charge on any atom is -0.391 e. The van der Waals surface area contributed by atoms with Crippen LogP contribution in [0.2, 0.25) is 0 Å². The van der Waals surface area contributed by atoms with Gasteiger partial charge in [-0.3, -0.25) is 14.1 Å². The number of hydrogen-bond acceptors (Lipinski definition) is 7. The van der Waals surface area contributed by atoms with Gasteiger partial charge in [-0.2, -0.15) is 0 Å². The zero-order valence-corrected chi connectivity index (χ0v) is 24.4. The Bertz CT molecular complexity index is 1430. The lowest BCUT2D eigenvalue weighted by Gasteiger charge is -2.29. The van der Waals surface area contributed by atoms with Crippen molar-refractivity contribution in [2.45, 2.75) is 52.4 Å². The first kappa shape index (κ1) is 28.5. The second kappa shape index (κ2) is 12.7. The number of likely N-dealkylation sites (tertiary alicyclic amines) is 1. The molecular formula is C31H38FN5O2S. The van der Waals surface area contributed by atoms with Crippen LogP contribution in [-0.2, 0) is 11.2 Å². The van der Waals surface area contributed by atoms with Crippen LogP contribution in [-0.4, -0.2) is 69.5 Å². The number of aliphatic imine (C=N–C) groups is 1. The van der Waals surface area contributed by atoms with Crippen LogP contribution in [0, 0.1) is 5.82 Å². The number of aryl methyl sites for hydroxylation is 1. The van der Waals surface area contributed by atoms with Crippen LogP contribution >= 0.6 is 11.8 Å². The van der Waals surface area contributed by atoms with Gasteiger partial charge in [-0.15, -0.1) is 11.8 Å². The third kappa shape index (κ3) is 6.01. The van der Waals surface area contributed by atoms with Crippen LogP contribution in [0.25, 0.3) is 11.3 Å². The first-order chi connectivity index (χ1) is 19.4. The maximum absolute atomic E-state index is 13.6. The van der Waals surface area contributed by atoms with Crippen LogP contribution in [0.5, 0.6) is 0 Å². The van der Waals surface area contributed by atoms with Crippen molar-refractivity contribution < 1.29 is 14.3 Å². The number of aliphatic hydroxyl groups is 1. The Morgan fingerprint density at radius 2 is 1.95 bits per heavy atom. The van der Waals surface area contributed by atoms with E-state index in [4.69, 9.17) is 9.98 Å². The average molecular weight is 564 g/mol. The molecule has 2 aliphatic rings. The summed E-state index contributed by atoms with van der Waals surface area (Å²) in [5.74, 6) is 2.90. The normalized spacial score (nSPS) is 18.6. The van der Waals surface area contributed by atoms with E-state index in [1.54, 1.807) is 30.8 Å². The van der Waals surface area contributed by atoms with Gasteiger partial charge in [-0.05, 0) is 94.4 Å². The van der Waals surface area contributed by atoms with E-state index >= 15 is 0 Å². The fourth-order valence-electron chi connectivity index (χ4n) is 5.81. The van der Waals surface area contributed by atoms with Crippen molar-refractivity contribution in [1.82, 2.24) is 14.3 Å². The van der Waals surface area contributed by atoms with Crippen LogP contribution in [0.3, 0.4) is 0 Å². The number of thioether (sulfide) groups is 1. The molecule has 7 nitrogen and oxygen atoms in total. The molecular weight excluding hydrogens is 525 g/mol. The minimum absolute atomic E-state index is 0.106. The smallest absolute Gasteiger partial charge is 0.143 e. The molecule has 1 atom stereocenters. The highest BCUT2D eigenvalue weighted by molar-refractivity contribution is 8.04.